The summed E-state index contributed by atoms with van der Waals surface area (Å²) in [5.41, 5.74) is 0. The monoisotopic (exact) mass is 240 g/mol. The van der Waals surface area contributed by atoms with Crippen LogP contribution in [0.25, 0.3) is 0 Å². The molecule has 0 radical (unpaired) electrons. The van der Waals surface area contributed by atoms with Crippen LogP contribution in [-0.4, -0.2) is 23.0 Å². The van der Waals surface area contributed by atoms with Crippen LogP contribution in [0.15, 0.2) is 4.99 Å². The molecule has 1 heterocycles. The smallest absolute Gasteiger partial charge is 0.157 e. The highest BCUT2D eigenvalue weighted by Crippen LogP contribution is 2.22. The zero-order valence-corrected chi connectivity index (χ0v) is 11.2. The van der Waals surface area contributed by atoms with Crippen molar-refractivity contribution >= 4 is 16.9 Å². The lowest BCUT2D eigenvalue weighted by molar-refractivity contribution is 0.430. The molecule has 0 aromatic heterocycles. The van der Waals surface area contributed by atoms with Gasteiger partial charge in [-0.3, -0.25) is 4.99 Å². The summed E-state index contributed by atoms with van der Waals surface area (Å²) in [6.45, 7) is 2.23. The van der Waals surface area contributed by atoms with Gasteiger partial charge in [-0.25, -0.2) is 0 Å². The zero-order chi connectivity index (χ0) is 11.2. The van der Waals surface area contributed by atoms with Crippen LogP contribution in [-0.2, 0) is 0 Å². The number of aliphatic imine (C=N–C) groups is 1. The van der Waals surface area contributed by atoms with E-state index in [-0.39, 0.29) is 0 Å². The second kappa shape index (κ2) is 6.53. The Kier molecular flexibility index (Phi) is 5.01. The first-order valence-electron chi connectivity index (χ1n) is 6.85. The maximum Gasteiger partial charge on any atom is 0.157 e. The molecule has 0 amide bonds. The summed E-state index contributed by atoms with van der Waals surface area (Å²) >= 11 is 1.92. The molecule has 2 nitrogen and oxygen atoms in total. The van der Waals surface area contributed by atoms with E-state index in [9.17, 15) is 0 Å². The normalized spacial score (nSPS) is 28.3. The Balaban J connectivity index is 1.79. The predicted octanol–water partition coefficient (Wildman–Crippen LogP) is 3.57. The molecule has 1 atom stereocenters. The van der Waals surface area contributed by atoms with Crippen molar-refractivity contribution in [2.75, 3.05) is 5.75 Å². The highest BCUT2D eigenvalue weighted by atomic mass is 32.2. The van der Waals surface area contributed by atoms with E-state index in [1.165, 1.54) is 62.3 Å². The first-order valence-corrected chi connectivity index (χ1v) is 7.84. The van der Waals surface area contributed by atoms with Gasteiger partial charge in [0.2, 0.25) is 0 Å². The summed E-state index contributed by atoms with van der Waals surface area (Å²) in [6, 6.07) is 1.27. The molecule has 16 heavy (non-hydrogen) atoms. The Bertz CT molecular complexity index is 232. The summed E-state index contributed by atoms with van der Waals surface area (Å²) in [5, 5.41) is 4.88. The zero-order valence-electron chi connectivity index (χ0n) is 10.4. The van der Waals surface area contributed by atoms with Crippen LogP contribution in [0.3, 0.4) is 0 Å². The summed E-state index contributed by atoms with van der Waals surface area (Å²) in [6.07, 6.45) is 11.0. The van der Waals surface area contributed by atoms with Crippen LogP contribution in [0.2, 0.25) is 0 Å². The molecule has 1 saturated carbocycles. The highest BCUT2D eigenvalue weighted by molar-refractivity contribution is 8.14. The molecule has 0 aromatic rings. The maximum atomic E-state index is 4.72. The Labute approximate surface area is 104 Å². The largest absolute Gasteiger partial charge is 0.362 e. The molecule has 1 N–H and O–H groups in total. The number of amidine groups is 1. The molecule has 2 aliphatic rings. The van der Waals surface area contributed by atoms with Crippen molar-refractivity contribution in [1.82, 2.24) is 5.32 Å². The minimum absolute atomic E-state index is 0.570. The van der Waals surface area contributed by atoms with Crippen LogP contribution >= 0.6 is 11.8 Å². The van der Waals surface area contributed by atoms with Crippen molar-refractivity contribution in [2.45, 2.75) is 70.4 Å². The van der Waals surface area contributed by atoms with Gasteiger partial charge in [0.15, 0.2) is 5.17 Å². The molecule has 0 spiro atoms. The van der Waals surface area contributed by atoms with E-state index in [0.717, 1.165) is 0 Å². The number of nitrogens with one attached hydrogen (secondary N) is 1. The third-order valence-corrected chi connectivity index (χ3v) is 4.66. The predicted molar refractivity (Wildman–Crippen MR) is 73.2 cm³/mol. The highest BCUT2D eigenvalue weighted by Gasteiger charge is 2.19. The Morgan fingerprint density at radius 1 is 1.19 bits per heavy atom. The van der Waals surface area contributed by atoms with Crippen LogP contribution in [0.4, 0.5) is 0 Å². The van der Waals surface area contributed by atoms with Gasteiger partial charge in [-0.2, -0.15) is 0 Å². The minimum atomic E-state index is 0.570. The SMILES string of the molecule is CCC1CSC(NC2CCCCCCC2)=N1. The molecule has 1 aliphatic carbocycles. The Morgan fingerprint density at radius 2 is 1.88 bits per heavy atom. The second-order valence-electron chi connectivity index (χ2n) is 4.99. The van der Waals surface area contributed by atoms with Gasteiger partial charge >= 0.3 is 0 Å². The van der Waals surface area contributed by atoms with Gasteiger partial charge in [0.25, 0.3) is 0 Å². The lowest BCUT2D eigenvalue weighted by Gasteiger charge is -2.21. The first kappa shape index (κ1) is 12.3. The molecule has 0 aromatic carbocycles. The Morgan fingerprint density at radius 3 is 2.50 bits per heavy atom. The van der Waals surface area contributed by atoms with Crippen molar-refractivity contribution in [1.29, 1.82) is 0 Å². The summed E-state index contributed by atoms with van der Waals surface area (Å²) in [7, 11) is 0. The van der Waals surface area contributed by atoms with Gasteiger partial charge in [0.05, 0.1) is 6.04 Å². The van der Waals surface area contributed by atoms with E-state index < -0.39 is 0 Å². The lowest BCUT2D eigenvalue weighted by atomic mass is 9.97. The van der Waals surface area contributed by atoms with E-state index in [4.69, 9.17) is 4.99 Å². The minimum Gasteiger partial charge on any atom is -0.362 e. The van der Waals surface area contributed by atoms with Crippen molar-refractivity contribution < 1.29 is 0 Å². The summed E-state index contributed by atoms with van der Waals surface area (Å²) < 4.78 is 0. The molecule has 3 heteroatoms. The van der Waals surface area contributed by atoms with E-state index in [1.807, 2.05) is 11.8 Å². The molecular weight excluding hydrogens is 216 g/mol. The van der Waals surface area contributed by atoms with Crippen molar-refractivity contribution in [3.8, 4) is 0 Å². The van der Waals surface area contributed by atoms with Crippen molar-refractivity contribution in [3.05, 3.63) is 0 Å². The van der Waals surface area contributed by atoms with E-state index in [1.54, 1.807) is 0 Å². The molecule has 2 rings (SSSR count). The fourth-order valence-electron chi connectivity index (χ4n) is 2.48. The standard InChI is InChI=1S/C13H24N2S/c1-2-11-10-16-13(14-11)15-12-8-6-4-3-5-7-9-12/h11-12H,2-10H2,1H3,(H,14,15). The quantitative estimate of drug-likeness (QED) is 0.798. The van der Waals surface area contributed by atoms with Crippen LogP contribution < -0.4 is 5.32 Å². The second-order valence-corrected chi connectivity index (χ2v) is 6.00. The summed E-state index contributed by atoms with van der Waals surface area (Å²) in [4.78, 5) is 4.72. The van der Waals surface area contributed by atoms with Crippen LogP contribution in [0, 0.1) is 0 Å². The maximum absolute atomic E-state index is 4.72. The molecule has 0 saturated heterocycles. The van der Waals surface area contributed by atoms with Crippen molar-refractivity contribution in [3.63, 3.8) is 0 Å². The van der Waals surface area contributed by atoms with Gasteiger partial charge < -0.3 is 5.32 Å². The molecule has 92 valence electrons. The Hall–Kier alpha value is -0.180. The van der Waals surface area contributed by atoms with Gasteiger partial charge in [0.1, 0.15) is 0 Å². The fraction of sp³-hybridized carbons (Fsp3) is 0.923. The third kappa shape index (κ3) is 3.69. The molecule has 1 aliphatic heterocycles. The lowest BCUT2D eigenvalue weighted by Crippen LogP contribution is -2.32. The van der Waals surface area contributed by atoms with Gasteiger partial charge in [-0.15, -0.1) is 0 Å². The molecule has 1 fully saturated rings. The van der Waals surface area contributed by atoms with Gasteiger partial charge in [0, 0.05) is 11.8 Å². The molecular formula is C13H24N2S. The topological polar surface area (TPSA) is 24.4 Å². The van der Waals surface area contributed by atoms with Gasteiger partial charge in [-0.05, 0) is 19.3 Å². The first-order chi connectivity index (χ1) is 7.88. The third-order valence-electron chi connectivity index (χ3n) is 3.62. The van der Waals surface area contributed by atoms with Gasteiger partial charge in [-0.1, -0.05) is 50.8 Å². The molecule has 1 unspecified atom stereocenters. The van der Waals surface area contributed by atoms with Crippen LogP contribution in [0.5, 0.6) is 0 Å². The summed E-state index contributed by atoms with van der Waals surface area (Å²) in [5.74, 6) is 1.19. The number of nitrogens with zero attached hydrogens (tertiary/aromatic N) is 1. The van der Waals surface area contributed by atoms with Crippen LogP contribution in [0.1, 0.15) is 58.3 Å². The number of rotatable bonds is 2. The average molecular weight is 240 g/mol. The fourth-order valence-corrected chi connectivity index (χ4v) is 3.61. The molecule has 0 bridgehead atoms. The van der Waals surface area contributed by atoms with E-state index >= 15 is 0 Å². The number of hydrogen-bond donors (Lipinski definition) is 1. The van der Waals surface area contributed by atoms with E-state index in [0.29, 0.717) is 12.1 Å². The van der Waals surface area contributed by atoms with E-state index in [2.05, 4.69) is 12.2 Å². The number of thioether (sulfide) groups is 1. The average Bonchev–Trinajstić information content (AvgIpc) is 2.69. The number of hydrogen-bond acceptors (Lipinski definition) is 3. The van der Waals surface area contributed by atoms with Crippen molar-refractivity contribution in [2.24, 2.45) is 4.99 Å².